The molecule has 14 nitrogen and oxygen atoms in total. The average molecular weight is 559 g/mol. The largest absolute Gasteiger partial charge is 0.465 e. The van der Waals surface area contributed by atoms with Gasteiger partial charge in [0.05, 0.1) is 42.3 Å². The lowest BCUT2D eigenvalue weighted by Crippen LogP contribution is -2.52. The summed E-state index contributed by atoms with van der Waals surface area (Å²) in [4.78, 5) is 33.4. The fourth-order valence-corrected chi connectivity index (χ4v) is 4.55. The Morgan fingerprint density at radius 3 is 2.77 bits per heavy atom. The second-order valence-electron chi connectivity index (χ2n) is 9.10. The molecule has 5 N–H and O–H groups in total. The van der Waals surface area contributed by atoms with Gasteiger partial charge in [-0.25, -0.2) is 19.0 Å². The zero-order valence-electron chi connectivity index (χ0n) is 20.6. The van der Waals surface area contributed by atoms with Crippen LogP contribution in [0.2, 0.25) is 5.02 Å². The molecule has 1 aromatic carbocycles. The number of imidazole rings is 1. The van der Waals surface area contributed by atoms with Crippen LogP contribution in [0.25, 0.3) is 5.65 Å². The maximum Gasteiger partial charge on any atom is 0.409 e. The number of alkyl halides is 1. The molecule has 3 heterocycles. The molecule has 1 saturated carbocycles. The SMILES string of the molecule is COC(=O)N[C@@H]1CCN(c2cc(NC(=O)O)cc(Nc3nc(NC4CC4)c4ncc(C#N)n4n3)c2Cl)C[C@@H]1F. The van der Waals surface area contributed by atoms with Crippen molar-refractivity contribution >= 4 is 58.3 Å². The molecule has 2 fully saturated rings. The average Bonchev–Trinajstić information content (AvgIpc) is 3.62. The number of carboxylic acid groups (broad SMARTS) is 1. The van der Waals surface area contributed by atoms with Crippen molar-refractivity contribution in [1.82, 2.24) is 24.9 Å². The Hall–Kier alpha value is -4.58. The number of ether oxygens (including phenoxy) is 1. The summed E-state index contributed by atoms with van der Waals surface area (Å²) in [5, 5.41) is 34.4. The summed E-state index contributed by atoms with van der Waals surface area (Å²) in [6.07, 6.45) is 0.144. The predicted molar refractivity (Wildman–Crippen MR) is 140 cm³/mol. The van der Waals surface area contributed by atoms with E-state index in [0.717, 1.165) is 12.8 Å². The molecule has 2 aliphatic rings. The van der Waals surface area contributed by atoms with Crippen LogP contribution in [0.3, 0.4) is 0 Å². The summed E-state index contributed by atoms with van der Waals surface area (Å²) >= 11 is 6.75. The monoisotopic (exact) mass is 558 g/mol. The smallest absolute Gasteiger partial charge is 0.409 e. The highest BCUT2D eigenvalue weighted by atomic mass is 35.5. The molecular formula is C23H24ClFN10O4. The first-order valence-corrected chi connectivity index (χ1v) is 12.4. The third-order valence-electron chi connectivity index (χ3n) is 6.32. The topological polar surface area (TPSA) is 182 Å². The number of anilines is 5. The zero-order valence-corrected chi connectivity index (χ0v) is 21.4. The molecule has 2 aromatic heterocycles. The Kier molecular flexibility index (Phi) is 7.11. The molecule has 1 aliphatic carbocycles. The van der Waals surface area contributed by atoms with Crippen LogP contribution in [0.15, 0.2) is 18.3 Å². The molecule has 1 saturated heterocycles. The number of rotatable bonds is 7. The lowest BCUT2D eigenvalue weighted by molar-refractivity contribution is 0.150. The number of amides is 2. The minimum absolute atomic E-state index is 0.0739. The highest BCUT2D eigenvalue weighted by Crippen LogP contribution is 2.39. The molecule has 0 bridgehead atoms. The fourth-order valence-electron chi connectivity index (χ4n) is 4.27. The summed E-state index contributed by atoms with van der Waals surface area (Å²) in [7, 11) is 1.20. The standard InChI is InChI=1S/C23H24ClFN10O4/c1-39-23(38)31-15-4-5-34(10-14(15)25)17-7-12(29-22(36)37)6-16(18(17)24)30-21-32-19(28-11-2-3-11)20-27-9-13(8-26)35(20)33-21/h6-7,9,11,14-15,29H,2-5,10H2,1H3,(H,31,38)(H,36,37)(H2,28,30,32,33)/t14-,15+/m0/s1. The van der Waals surface area contributed by atoms with Gasteiger partial charge in [0, 0.05) is 18.3 Å². The lowest BCUT2D eigenvalue weighted by Gasteiger charge is -2.37. The number of alkyl carbamates (subject to hydrolysis) is 1. The number of benzene rings is 1. The van der Waals surface area contributed by atoms with Crippen molar-refractivity contribution in [3.8, 4) is 6.07 Å². The van der Waals surface area contributed by atoms with Crippen LogP contribution in [0.4, 0.5) is 42.8 Å². The van der Waals surface area contributed by atoms with Crippen molar-refractivity contribution in [3.63, 3.8) is 0 Å². The van der Waals surface area contributed by atoms with Crippen LogP contribution in [0, 0.1) is 11.3 Å². The number of nitrogens with one attached hydrogen (secondary N) is 4. The minimum atomic E-state index is -1.44. The van der Waals surface area contributed by atoms with Crippen molar-refractivity contribution in [3.05, 3.63) is 29.0 Å². The van der Waals surface area contributed by atoms with Crippen LogP contribution >= 0.6 is 11.6 Å². The summed E-state index contributed by atoms with van der Waals surface area (Å²) in [5.74, 6) is 0.498. The number of halogens is 2. The Morgan fingerprint density at radius 1 is 1.31 bits per heavy atom. The van der Waals surface area contributed by atoms with E-state index in [1.807, 2.05) is 6.07 Å². The molecule has 204 valence electrons. The number of fused-ring (bicyclic) bond motifs is 1. The van der Waals surface area contributed by atoms with Crippen LogP contribution < -0.4 is 26.2 Å². The Morgan fingerprint density at radius 2 is 2.10 bits per heavy atom. The number of aromatic nitrogens is 4. The maximum atomic E-state index is 15.0. The van der Waals surface area contributed by atoms with E-state index in [-0.39, 0.29) is 47.0 Å². The number of nitrogens with zero attached hydrogens (tertiary/aromatic N) is 6. The second-order valence-corrected chi connectivity index (χ2v) is 9.48. The van der Waals surface area contributed by atoms with E-state index in [4.69, 9.17) is 11.6 Å². The van der Waals surface area contributed by atoms with Crippen molar-refractivity contribution in [2.24, 2.45) is 0 Å². The van der Waals surface area contributed by atoms with Gasteiger partial charge in [0.2, 0.25) is 5.95 Å². The first kappa shape index (κ1) is 26.0. The van der Waals surface area contributed by atoms with E-state index < -0.39 is 24.4 Å². The van der Waals surface area contributed by atoms with Crippen LogP contribution in [0.1, 0.15) is 25.0 Å². The minimum Gasteiger partial charge on any atom is -0.465 e. The van der Waals surface area contributed by atoms with Gasteiger partial charge >= 0.3 is 12.2 Å². The van der Waals surface area contributed by atoms with Crippen LogP contribution in [0.5, 0.6) is 0 Å². The molecule has 0 radical (unpaired) electrons. The van der Waals surface area contributed by atoms with Crippen molar-refractivity contribution in [1.29, 1.82) is 5.26 Å². The van der Waals surface area contributed by atoms with Gasteiger partial charge in [0.25, 0.3) is 0 Å². The van der Waals surface area contributed by atoms with Gasteiger partial charge in [-0.15, -0.1) is 5.10 Å². The summed E-state index contributed by atoms with van der Waals surface area (Å²) < 4.78 is 20.9. The van der Waals surface area contributed by atoms with Gasteiger partial charge in [-0.05, 0) is 31.4 Å². The van der Waals surface area contributed by atoms with Crippen LogP contribution in [-0.4, -0.2) is 75.3 Å². The van der Waals surface area contributed by atoms with Gasteiger partial charge in [0.1, 0.15) is 12.2 Å². The first-order chi connectivity index (χ1) is 18.7. The normalized spacial score (nSPS) is 18.8. The molecule has 39 heavy (non-hydrogen) atoms. The number of carbonyl (C=O) groups excluding carboxylic acids is 1. The molecule has 2 atom stereocenters. The molecular weight excluding hydrogens is 535 g/mol. The Bertz CT molecular complexity index is 1470. The van der Waals surface area contributed by atoms with E-state index in [0.29, 0.717) is 23.7 Å². The second kappa shape index (κ2) is 10.7. The summed E-state index contributed by atoms with van der Waals surface area (Å²) in [6.45, 7) is 0.214. The van der Waals surface area contributed by atoms with Crippen molar-refractivity contribution in [2.75, 3.05) is 41.0 Å². The van der Waals surface area contributed by atoms with Crippen molar-refractivity contribution in [2.45, 2.75) is 37.5 Å². The molecule has 16 heteroatoms. The van der Waals surface area contributed by atoms with E-state index in [1.165, 1.54) is 30.0 Å². The molecule has 3 aromatic rings. The third kappa shape index (κ3) is 5.65. The van der Waals surface area contributed by atoms with E-state index in [2.05, 4.69) is 41.1 Å². The number of hydrogen-bond donors (Lipinski definition) is 5. The Balaban J connectivity index is 1.48. The number of piperidine rings is 1. The highest BCUT2D eigenvalue weighted by molar-refractivity contribution is 6.36. The Labute approximate surface area is 226 Å². The van der Waals surface area contributed by atoms with Gasteiger partial charge in [-0.3, -0.25) is 5.32 Å². The molecule has 1 aliphatic heterocycles. The van der Waals surface area contributed by atoms with E-state index in [1.54, 1.807) is 4.90 Å². The maximum absolute atomic E-state index is 15.0. The van der Waals surface area contributed by atoms with E-state index >= 15 is 0 Å². The number of nitriles is 1. The quantitative estimate of drug-likeness (QED) is 0.287. The summed E-state index contributed by atoms with van der Waals surface area (Å²) in [6, 6.07) is 4.48. The van der Waals surface area contributed by atoms with Gasteiger partial charge in [-0.2, -0.15) is 14.8 Å². The highest BCUT2D eigenvalue weighted by Gasteiger charge is 2.32. The number of methoxy groups -OCH3 is 1. The summed E-state index contributed by atoms with van der Waals surface area (Å²) in [5.41, 5.74) is 1.36. The predicted octanol–water partition coefficient (Wildman–Crippen LogP) is 3.33. The lowest BCUT2D eigenvalue weighted by atomic mass is 10.0. The van der Waals surface area contributed by atoms with Crippen molar-refractivity contribution < 1.29 is 23.8 Å². The van der Waals surface area contributed by atoms with Gasteiger partial charge < -0.3 is 30.7 Å². The number of carbonyl (C=O) groups is 2. The number of hydrogen-bond acceptors (Lipinski definition) is 10. The molecule has 2 amide bonds. The zero-order chi connectivity index (χ0) is 27.7. The molecule has 0 spiro atoms. The fraction of sp³-hybridized carbons (Fsp3) is 0.391. The third-order valence-corrected chi connectivity index (χ3v) is 6.71. The van der Waals surface area contributed by atoms with Crippen LogP contribution in [-0.2, 0) is 4.74 Å². The van der Waals surface area contributed by atoms with Gasteiger partial charge in [-0.1, -0.05) is 11.6 Å². The molecule has 0 unspecified atom stereocenters. The first-order valence-electron chi connectivity index (χ1n) is 12.0. The van der Waals surface area contributed by atoms with E-state index in [9.17, 15) is 24.3 Å². The molecule has 5 rings (SSSR count). The van der Waals surface area contributed by atoms with Gasteiger partial charge in [0.15, 0.2) is 17.2 Å².